The van der Waals surface area contributed by atoms with Gasteiger partial charge in [0.2, 0.25) is 0 Å². The van der Waals surface area contributed by atoms with E-state index in [1.165, 1.54) is 0 Å². The summed E-state index contributed by atoms with van der Waals surface area (Å²) in [5.41, 5.74) is 5.75. The van der Waals surface area contributed by atoms with Crippen LogP contribution >= 0.6 is 0 Å². The highest BCUT2D eigenvalue weighted by atomic mass is 16.6. The molecule has 4 unspecified atom stereocenters. The Kier molecular flexibility index (Phi) is 1.71. The summed E-state index contributed by atoms with van der Waals surface area (Å²) in [5.74, 6) is 0.341. The van der Waals surface area contributed by atoms with Crippen molar-refractivity contribution in [1.82, 2.24) is 0 Å². The summed E-state index contributed by atoms with van der Waals surface area (Å²) >= 11 is 0. The lowest BCUT2D eigenvalue weighted by atomic mass is 10.0. The van der Waals surface area contributed by atoms with Gasteiger partial charge >= 0.3 is 0 Å². The van der Waals surface area contributed by atoms with Crippen LogP contribution in [0.25, 0.3) is 0 Å². The smallest absolute Gasteiger partial charge is 0.102 e. The van der Waals surface area contributed by atoms with Crippen LogP contribution in [0.3, 0.4) is 0 Å². The van der Waals surface area contributed by atoms with Gasteiger partial charge in [-0.25, -0.2) is 0 Å². The minimum absolute atomic E-state index is 0.0601. The number of ether oxygens (including phenoxy) is 2. The summed E-state index contributed by atoms with van der Waals surface area (Å²) in [7, 11) is 0. The molecule has 62 valence electrons. The van der Waals surface area contributed by atoms with Crippen LogP contribution < -0.4 is 5.73 Å². The molecular weight excluding hydrogens is 142 g/mol. The largest absolute Gasteiger partial charge is 0.373 e. The number of fused-ring (bicyclic) bond motifs is 1. The van der Waals surface area contributed by atoms with Gasteiger partial charge in [0, 0.05) is 5.92 Å². The van der Waals surface area contributed by atoms with Crippen molar-refractivity contribution in [2.75, 3.05) is 13.2 Å². The van der Waals surface area contributed by atoms with Gasteiger partial charge in [-0.05, 0) is 0 Å². The van der Waals surface area contributed by atoms with Crippen molar-refractivity contribution in [2.45, 2.75) is 18.2 Å². The molecule has 0 aromatic heterocycles. The van der Waals surface area contributed by atoms with Crippen molar-refractivity contribution in [1.29, 1.82) is 0 Å². The fraction of sp³-hybridized carbons (Fsp3) is 0.750. The molecule has 2 aliphatic heterocycles. The van der Waals surface area contributed by atoms with E-state index >= 15 is 0 Å². The molecule has 0 amide bonds. The zero-order chi connectivity index (χ0) is 7.84. The minimum atomic E-state index is 0.0601. The van der Waals surface area contributed by atoms with Gasteiger partial charge in [0.05, 0.1) is 25.4 Å². The van der Waals surface area contributed by atoms with Gasteiger partial charge in [0.1, 0.15) is 6.10 Å². The molecule has 2 aliphatic rings. The Balaban J connectivity index is 2.10. The Labute approximate surface area is 66.2 Å². The third-order valence-corrected chi connectivity index (χ3v) is 2.43. The van der Waals surface area contributed by atoms with Crippen LogP contribution in [-0.4, -0.2) is 31.5 Å². The SMILES string of the molecule is C=CC1COC2C(N)COC12. The normalized spacial score (nSPS) is 49.2. The topological polar surface area (TPSA) is 44.5 Å². The summed E-state index contributed by atoms with van der Waals surface area (Å²) in [5, 5.41) is 0. The average molecular weight is 155 g/mol. The van der Waals surface area contributed by atoms with Crippen molar-refractivity contribution >= 4 is 0 Å². The predicted molar refractivity (Wildman–Crippen MR) is 41.1 cm³/mol. The Bertz CT molecular complexity index is 171. The predicted octanol–water partition coefficient (Wildman–Crippen LogP) is -0.0865. The fourth-order valence-electron chi connectivity index (χ4n) is 1.76. The van der Waals surface area contributed by atoms with Crippen LogP contribution in [0, 0.1) is 5.92 Å². The summed E-state index contributed by atoms with van der Waals surface area (Å²) in [6, 6.07) is 0.0601. The second-order valence-electron chi connectivity index (χ2n) is 3.16. The Morgan fingerprint density at radius 2 is 2.00 bits per heavy atom. The minimum Gasteiger partial charge on any atom is -0.373 e. The summed E-state index contributed by atoms with van der Waals surface area (Å²) in [6.45, 7) is 5.07. The Hall–Kier alpha value is -0.380. The van der Waals surface area contributed by atoms with Crippen LogP contribution in [0.1, 0.15) is 0 Å². The number of hydrogen-bond donors (Lipinski definition) is 1. The molecule has 2 N–H and O–H groups in total. The van der Waals surface area contributed by atoms with Gasteiger partial charge in [-0.2, -0.15) is 0 Å². The first kappa shape index (κ1) is 7.28. The van der Waals surface area contributed by atoms with E-state index in [2.05, 4.69) is 6.58 Å². The van der Waals surface area contributed by atoms with Gasteiger partial charge in [0.25, 0.3) is 0 Å². The lowest BCUT2D eigenvalue weighted by Gasteiger charge is -2.11. The molecule has 3 heteroatoms. The first-order chi connectivity index (χ1) is 5.33. The number of rotatable bonds is 1. The van der Waals surface area contributed by atoms with Crippen molar-refractivity contribution in [2.24, 2.45) is 11.7 Å². The standard InChI is InChI=1S/C8H13NO2/c1-2-5-3-10-8-6(9)4-11-7(5)8/h2,5-8H,1,3-4,9H2. The maximum Gasteiger partial charge on any atom is 0.102 e. The summed E-state index contributed by atoms with van der Waals surface area (Å²) in [6.07, 6.45) is 2.17. The van der Waals surface area contributed by atoms with Crippen LogP contribution in [0.4, 0.5) is 0 Å². The highest BCUT2D eigenvalue weighted by Crippen LogP contribution is 2.30. The maximum atomic E-state index is 5.75. The zero-order valence-electron chi connectivity index (χ0n) is 6.40. The average Bonchev–Trinajstić information content (AvgIpc) is 2.53. The monoisotopic (exact) mass is 155 g/mol. The van der Waals surface area contributed by atoms with Crippen LogP contribution in [0.2, 0.25) is 0 Å². The van der Waals surface area contributed by atoms with Crippen molar-refractivity contribution < 1.29 is 9.47 Å². The molecular formula is C8H13NO2. The summed E-state index contributed by atoms with van der Waals surface area (Å²) < 4.78 is 10.9. The quantitative estimate of drug-likeness (QED) is 0.538. The van der Waals surface area contributed by atoms with Gasteiger partial charge < -0.3 is 15.2 Å². The maximum absolute atomic E-state index is 5.75. The lowest BCUT2D eigenvalue weighted by molar-refractivity contribution is 0.0672. The van der Waals surface area contributed by atoms with E-state index in [4.69, 9.17) is 15.2 Å². The molecule has 2 heterocycles. The van der Waals surface area contributed by atoms with Crippen LogP contribution in [-0.2, 0) is 9.47 Å². The van der Waals surface area contributed by atoms with Gasteiger partial charge in [0.15, 0.2) is 0 Å². The fourth-order valence-corrected chi connectivity index (χ4v) is 1.76. The third-order valence-electron chi connectivity index (χ3n) is 2.43. The van der Waals surface area contributed by atoms with Crippen molar-refractivity contribution in [3.8, 4) is 0 Å². The lowest BCUT2D eigenvalue weighted by Crippen LogP contribution is -2.35. The number of nitrogens with two attached hydrogens (primary N) is 1. The molecule has 3 nitrogen and oxygen atoms in total. The molecule has 0 saturated carbocycles. The highest BCUT2D eigenvalue weighted by molar-refractivity contribution is 5.01. The highest BCUT2D eigenvalue weighted by Gasteiger charge is 2.44. The van der Waals surface area contributed by atoms with E-state index in [9.17, 15) is 0 Å². The zero-order valence-corrected chi connectivity index (χ0v) is 6.40. The van der Waals surface area contributed by atoms with Crippen LogP contribution in [0.5, 0.6) is 0 Å². The molecule has 0 aromatic rings. The second-order valence-corrected chi connectivity index (χ2v) is 3.16. The van der Waals surface area contributed by atoms with Crippen molar-refractivity contribution in [3.05, 3.63) is 12.7 Å². The molecule has 0 radical (unpaired) electrons. The summed E-state index contributed by atoms with van der Waals surface area (Å²) in [4.78, 5) is 0. The van der Waals surface area contributed by atoms with Gasteiger partial charge in [-0.3, -0.25) is 0 Å². The van der Waals surface area contributed by atoms with Crippen LogP contribution in [0.15, 0.2) is 12.7 Å². The van der Waals surface area contributed by atoms with E-state index in [0.717, 1.165) is 0 Å². The van der Waals surface area contributed by atoms with E-state index < -0.39 is 0 Å². The Morgan fingerprint density at radius 3 is 2.73 bits per heavy atom. The molecule has 0 aliphatic carbocycles. The molecule has 0 bridgehead atoms. The third kappa shape index (κ3) is 1.00. The van der Waals surface area contributed by atoms with E-state index in [1.807, 2.05) is 6.08 Å². The van der Waals surface area contributed by atoms with Gasteiger partial charge in [-0.1, -0.05) is 6.08 Å². The first-order valence-corrected chi connectivity index (χ1v) is 3.94. The molecule has 0 aromatic carbocycles. The van der Waals surface area contributed by atoms with E-state index in [1.54, 1.807) is 0 Å². The molecule has 4 atom stereocenters. The Morgan fingerprint density at radius 1 is 1.27 bits per heavy atom. The van der Waals surface area contributed by atoms with E-state index in [0.29, 0.717) is 19.1 Å². The molecule has 0 spiro atoms. The van der Waals surface area contributed by atoms with Crippen molar-refractivity contribution in [3.63, 3.8) is 0 Å². The molecule has 11 heavy (non-hydrogen) atoms. The number of hydrogen-bond acceptors (Lipinski definition) is 3. The van der Waals surface area contributed by atoms with Gasteiger partial charge in [-0.15, -0.1) is 6.58 Å². The van der Waals surface area contributed by atoms with E-state index in [-0.39, 0.29) is 18.2 Å². The first-order valence-electron chi connectivity index (χ1n) is 3.94. The molecule has 2 fully saturated rings. The molecule has 2 rings (SSSR count). The second kappa shape index (κ2) is 2.59. The molecule has 2 saturated heterocycles.